The first-order valence-corrected chi connectivity index (χ1v) is 11.8. The van der Waals surface area contributed by atoms with Gasteiger partial charge in [-0.3, -0.25) is 0 Å². The summed E-state index contributed by atoms with van der Waals surface area (Å²) in [5.41, 5.74) is 2.07. The number of morpholine rings is 1. The SMILES string of the molecule is CC(C)c1ccc(S(=O)(=O)c2nnn3c2nc(N2CCOCC2)c2ccccc23)cc1. The molecule has 2 aromatic carbocycles. The number of anilines is 1. The molecule has 0 bridgehead atoms. The Morgan fingerprint density at radius 3 is 2.42 bits per heavy atom. The molecule has 1 fully saturated rings. The summed E-state index contributed by atoms with van der Waals surface area (Å²) >= 11 is 0. The summed E-state index contributed by atoms with van der Waals surface area (Å²) in [6.07, 6.45) is 0. The molecule has 0 aliphatic carbocycles. The molecule has 0 N–H and O–H groups in total. The predicted molar refractivity (Wildman–Crippen MR) is 117 cm³/mol. The Balaban J connectivity index is 1.70. The van der Waals surface area contributed by atoms with Crippen molar-refractivity contribution in [2.24, 2.45) is 0 Å². The number of aromatic nitrogens is 4. The highest BCUT2D eigenvalue weighted by atomic mass is 32.2. The van der Waals surface area contributed by atoms with Crippen molar-refractivity contribution in [3.05, 3.63) is 54.1 Å². The molecule has 160 valence electrons. The molecule has 0 radical (unpaired) electrons. The van der Waals surface area contributed by atoms with Crippen LogP contribution < -0.4 is 4.90 Å². The number of sulfone groups is 1. The third-order valence-corrected chi connectivity index (χ3v) is 7.29. The molecule has 1 aliphatic rings. The smallest absolute Gasteiger partial charge is 0.229 e. The van der Waals surface area contributed by atoms with Gasteiger partial charge in [0.25, 0.3) is 0 Å². The van der Waals surface area contributed by atoms with E-state index in [0.29, 0.717) is 32.2 Å². The van der Waals surface area contributed by atoms with Crippen molar-refractivity contribution >= 4 is 32.2 Å². The number of benzene rings is 2. The van der Waals surface area contributed by atoms with E-state index in [9.17, 15) is 8.42 Å². The van der Waals surface area contributed by atoms with Gasteiger partial charge >= 0.3 is 0 Å². The maximum Gasteiger partial charge on any atom is 0.229 e. The average Bonchev–Trinajstić information content (AvgIpc) is 3.24. The van der Waals surface area contributed by atoms with Gasteiger partial charge in [0, 0.05) is 18.5 Å². The third-order valence-electron chi connectivity index (χ3n) is 5.62. The van der Waals surface area contributed by atoms with Crippen molar-refractivity contribution in [1.82, 2.24) is 19.8 Å². The van der Waals surface area contributed by atoms with Crippen LogP contribution in [0.2, 0.25) is 0 Å². The Hall–Kier alpha value is -3.04. The van der Waals surface area contributed by atoms with Gasteiger partial charge in [0.1, 0.15) is 5.82 Å². The summed E-state index contributed by atoms with van der Waals surface area (Å²) in [7, 11) is -3.88. The summed E-state index contributed by atoms with van der Waals surface area (Å²) in [4.78, 5) is 7.05. The first-order chi connectivity index (χ1) is 15.0. The van der Waals surface area contributed by atoms with Crippen molar-refractivity contribution in [3.8, 4) is 0 Å². The van der Waals surface area contributed by atoms with Crippen molar-refractivity contribution in [2.75, 3.05) is 31.2 Å². The Labute approximate surface area is 180 Å². The number of para-hydroxylation sites is 1. The molecule has 0 saturated carbocycles. The van der Waals surface area contributed by atoms with Crippen LogP contribution in [-0.2, 0) is 14.6 Å². The lowest BCUT2D eigenvalue weighted by atomic mass is 10.0. The van der Waals surface area contributed by atoms with Gasteiger partial charge in [0.2, 0.25) is 14.9 Å². The largest absolute Gasteiger partial charge is 0.378 e. The monoisotopic (exact) mass is 437 g/mol. The minimum atomic E-state index is -3.88. The number of rotatable bonds is 4. The van der Waals surface area contributed by atoms with E-state index in [0.717, 1.165) is 22.3 Å². The van der Waals surface area contributed by atoms with Gasteiger partial charge in [-0.05, 0) is 35.7 Å². The molecule has 5 rings (SSSR count). The minimum Gasteiger partial charge on any atom is -0.378 e. The van der Waals surface area contributed by atoms with Crippen molar-refractivity contribution < 1.29 is 13.2 Å². The molecule has 31 heavy (non-hydrogen) atoms. The van der Waals surface area contributed by atoms with E-state index >= 15 is 0 Å². The molecule has 1 aliphatic heterocycles. The summed E-state index contributed by atoms with van der Waals surface area (Å²) in [6, 6.07) is 14.6. The molecule has 2 aromatic heterocycles. The van der Waals surface area contributed by atoms with Crippen LogP contribution in [0.15, 0.2) is 58.5 Å². The van der Waals surface area contributed by atoms with Gasteiger partial charge in [0.05, 0.1) is 23.6 Å². The van der Waals surface area contributed by atoms with Crippen LogP contribution in [0.5, 0.6) is 0 Å². The normalized spacial score (nSPS) is 15.3. The molecule has 4 aromatic rings. The van der Waals surface area contributed by atoms with Crippen LogP contribution >= 0.6 is 0 Å². The zero-order valence-corrected chi connectivity index (χ0v) is 18.2. The number of hydrogen-bond donors (Lipinski definition) is 0. The molecule has 0 spiro atoms. The minimum absolute atomic E-state index is 0.134. The molecule has 0 unspecified atom stereocenters. The van der Waals surface area contributed by atoms with E-state index in [1.165, 1.54) is 4.52 Å². The third kappa shape index (κ3) is 3.34. The number of nitrogens with zero attached hydrogens (tertiary/aromatic N) is 5. The van der Waals surface area contributed by atoms with Crippen LogP contribution in [0.25, 0.3) is 16.6 Å². The fourth-order valence-corrected chi connectivity index (χ4v) is 5.10. The van der Waals surface area contributed by atoms with E-state index in [1.54, 1.807) is 12.1 Å². The molecule has 1 saturated heterocycles. The maximum absolute atomic E-state index is 13.4. The lowest BCUT2D eigenvalue weighted by Crippen LogP contribution is -2.37. The molecule has 0 amide bonds. The second-order valence-electron chi connectivity index (χ2n) is 7.91. The van der Waals surface area contributed by atoms with Crippen LogP contribution in [-0.4, -0.2) is 54.5 Å². The van der Waals surface area contributed by atoms with Gasteiger partial charge < -0.3 is 9.64 Å². The predicted octanol–water partition coefficient (Wildman–Crippen LogP) is 3.07. The Bertz CT molecular complexity index is 1360. The van der Waals surface area contributed by atoms with Crippen molar-refractivity contribution in [3.63, 3.8) is 0 Å². The lowest BCUT2D eigenvalue weighted by Gasteiger charge is -2.28. The molecule has 8 nitrogen and oxygen atoms in total. The molecular formula is C22H23N5O3S. The Kier molecular flexibility index (Phi) is 4.86. The van der Waals surface area contributed by atoms with Crippen LogP contribution in [0.4, 0.5) is 5.82 Å². The van der Waals surface area contributed by atoms with Crippen LogP contribution in [0.1, 0.15) is 25.3 Å². The summed E-state index contributed by atoms with van der Waals surface area (Å²) in [5.74, 6) is 1.04. The second-order valence-corrected chi connectivity index (χ2v) is 9.77. The van der Waals surface area contributed by atoms with Gasteiger partial charge in [0.15, 0.2) is 5.65 Å². The maximum atomic E-state index is 13.4. The topological polar surface area (TPSA) is 89.7 Å². The molecule has 0 atom stereocenters. The quantitative estimate of drug-likeness (QED) is 0.485. The van der Waals surface area contributed by atoms with Gasteiger partial charge in [-0.1, -0.05) is 43.3 Å². The summed E-state index contributed by atoms with van der Waals surface area (Å²) in [6.45, 7) is 6.72. The van der Waals surface area contributed by atoms with E-state index in [-0.39, 0.29) is 15.6 Å². The van der Waals surface area contributed by atoms with E-state index in [1.807, 2.05) is 36.4 Å². The first-order valence-electron chi connectivity index (χ1n) is 10.3. The number of ether oxygens (including phenoxy) is 1. The summed E-state index contributed by atoms with van der Waals surface area (Å²) in [5, 5.41) is 8.97. The van der Waals surface area contributed by atoms with Gasteiger partial charge in [-0.2, -0.15) is 4.52 Å². The van der Waals surface area contributed by atoms with Crippen molar-refractivity contribution in [1.29, 1.82) is 0 Å². The number of hydrogen-bond acceptors (Lipinski definition) is 7. The highest BCUT2D eigenvalue weighted by Gasteiger charge is 2.28. The first kappa shape index (κ1) is 19.9. The van der Waals surface area contributed by atoms with Crippen LogP contribution in [0.3, 0.4) is 0 Å². The van der Waals surface area contributed by atoms with Gasteiger partial charge in [-0.15, -0.1) is 5.10 Å². The number of fused-ring (bicyclic) bond motifs is 3. The zero-order chi connectivity index (χ0) is 21.6. The average molecular weight is 438 g/mol. The van der Waals surface area contributed by atoms with E-state index in [2.05, 4.69) is 29.1 Å². The highest BCUT2D eigenvalue weighted by molar-refractivity contribution is 7.91. The van der Waals surface area contributed by atoms with E-state index in [4.69, 9.17) is 9.72 Å². The molecule has 9 heteroatoms. The van der Waals surface area contributed by atoms with Gasteiger partial charge in [-0.25, -0.2) is 13.4 Å². The zero-order valence-electron chi connectivity index (χ0n) is 17.4. The standard InChI is InChI=1S/C22H23N5O3S/c1-15(2)16-7-9-17(10-8-16)31(28,29)22-21-23-20(26-11-13-30-14-12-26)18-5-3-4-6-19(18)27(21)25-24-22/h3-10,15H,11-14H2,1-2H3. The fourth-order valence-electron chi connectivity index (χ4n) is 3.86. The Morgan fingerprint density at radius 2 is 1.71 bits per heavy atom. The molecule has 3 heterocycles. The molecular weight excluding hydrogens is 414 g/mol. The highest BCUT2D eigenvalue weighted by Crippen LogP contribution is 2.30. The lowest BCUT2D eigenvalue weighted by molar-refractivity contribution is 0.122. The Morgan fingerprint density at radius 1 is 1.00 bits per heavy atom. The van der Waals surface area contributed by atoms with E-state index < -0.39 is 9.84 Å². The second kappa shape index (κ2) is 7.58. The van der Waals surface area contributed by atoms with Crippen molar-refractivity contribution in [2.45, 2.75) is 29.7 Å². The van der Waals surface area contributed by atoms with Crippen LogP contribution in [0, 0.1) is 0 Å². The fraction of sp³-hybridized carbons (Fsp3) is 0.318. The summed E-state index contributed by atoms with van der Waals surface area (Å²) < 4.78 is 33.8.